The number of likely N-dealkylation sites (tertiary alicyclic amines) is 2. The normalized spacial score (nSPS) is 23.3. The molecule has 20 heteroatoms. The summed E-state index contributed by atoms with van der Waals surface area (Å²) in [5.41, 5.74) is 4.87. The van der Waals surface area contributed by atoms with Crippen molar-refractivity contribution in [2.24, 2.45) is 21.7 Å². The Balaban J connectivity index is 1.16. The van der Waals surface area contributed by atoms with E-state index < -0.39 is 52.3 Å². The maximum absolute atomic E-state index is 16.7. The molecular weight excluding hydrogens is 1110 g/mol. The molecule has 1 spiro atoms. The molecule has 2 aromatic heterocycles. The number of anilines is 1. The standard InChI is InChI=1S/C51H66ClF2N9O7.Os/c1-9-61-41-23-38(53)34-22-35(41)37(44(61)36-21-33(59-17-19-69-20-18-59)25-57-43(36)32(5)68-8)24-50(6,7)29-70-48(66)40-11-10-15-63(58-40)46(64)39(12-14-55-31(34)4)56-26-42(30(2)3)62-16-13-51(49(62)67)27-60(28-51)47(65)45(52)54;/h14,21-23,25,30,32,39-40,42,45,56,58H,4,9-13,15-20,24,27-29H2,1-3,5-8H3;/t32-,39-,40-,42+,45-;/m0./s1. The topological polar surface area (TPSA) is 163 Å². The molecule has 2 N–H and O–H groups in total. The van der Waals surface area contributed by atoms with Gasteiger partial charge in [-0.3, -0.25) is 4.98 Å². The number of halogens is 3. The number of aliphatic imine (C=N–C) groups is 1. The number of alkyl halides is 2. The summed E-state index contributed by atoms with van der Waals surface area (Å²) in [6.07, 6.45) is 5.01. The van der Waals surface area contributed by atoms with E-state index in [9.17, 15) is 23.6 Å². The van der Waals surface area contributed by atoms with Gasteiger partial charge >= 0.3 is 323 Å². The first-order chi connectivity index (χ1) is 33.8. The molecule has 5 aliphatic heterocycles. The summed E-state index contributed by atoms with van der Waals surface area (Å²) < 4.78 is 50.9. The second-order valence-corrected chi connectivity index (χ2v) is 22.3. The van der Waals surface area contributed by atoms with Gasteiger partial charge in [-0.25, -0.2) is 0 Å². The summed E-state index contributed by atoms with van der Waals surface area (Å²) in [7, 11) is 1.65. The average Bonchev–Trinajstić information content (AvgIpc) is 3.83. The van der Waals surface area contributed by atoms with Crippen molar-refractivity contribution in [3.8, 4) is 11.3 Å². The number of hydrogen-bond donors (Lipinski definition) is 2. The molecule has 16 nitrogen and oxygen atoms in total. The fourth-order valence-electron chi connectivity index (χ4n) is 10.7. The first-order valence-electron chi connectivity index (χ1n) is 24.6. The fourth-order valence-corrected chi connectivity index (χ4v) is 12.6. The third-order valence-electron chi connectivity index (χ3n) is 14.6. The molecule has 71 heavy (non-hydrogen) atoms. The quantitative estimate of drug-likeness (QED) is 0.179. The number of aromatic nitrogens is 2. The first kappa shape index (κ1) is 52.8. The van der Waals surface area contributed by atoms with Crippen molar-refractivity contribution in [3.05, 3.63) is 53.6 Å². The van der Waals surface area contributed by atoms with Crippen molar-refractivity contribution >= 4 is 68.0 Å². The maximum atomic E-state index is 16.7. The van der Waals surface area contributed by atoms with Crippen molar-refractivity contribution in [1.82, 2.24) is 35.1 Å². The molecule has 3 aromatic rings. The molecule has 4 fully saturated rings. The number of hydrazine groups is 1. The van der Waals surface area contributed by atoms with Gasteiger partial charge in [0.2, 0.25) is 0 Å². The summed E-state index contributed by atoms with van der Waals surface area (Å²) in [5.74, 6) is -2.43. The van der Waals surface area contributed by atoms with Crippen LogP contribution in [0.1, 0.15) is 90.2 Å². The van der Waals surface area contributed by atoms with Gasteiger partial charge in [0.25, 0.3) is 0 Å². The van der Waals surface area contributed by atoms with Crippen LogP contribution in [0.3, 0.4) is 0 Å². The third kappa shape index (κ3) is 10.6. The van der Waals surface area contributed by atoms with Gasteiger partial charge in [0.05, 0.1) is 36.9 Å². The molecule has 8 rings (SSSR count). The molecule has 5 aliphatic rings. The monoisotopic (exact) mass is 1180 g/mol. The van der Waals surface area contributed by atoms with Gasteiger partial charge in [-0.2, -0.15) is 0 Å². The Morgan fingerprint density at radius 1 is 1.10 bits per heavy atom. The molecule has 7 heterocycles. The van der Waals surface area contributed by atoms with E-state index in [0.29, 0.717) is 81.3 Å². The number of nitrogens with zero attached hydrogens (tertiary/aromatic N) is 7. The van der Waals surface area contributed by atoms with Crippen LogP contribution in [0.25, 0.3) is 27.9 Å². The number of carbonyl (C=O) groups excluding carboxylic acids is 4. The van der Waals surface area contributed by atoms with Crippen molar-refractivity contribution < 1.29 is 60.3 Å². The van der Waals surface area contributed by atoms with Gasteiger partial charge in [-0.15, -0.1) is 0 Å². The van der Waals surface area contributed by atoms with Crippen molar-refractivity contribution in [1.29, 1.82) is 0 Å². The van der Waals surface area contributed by atoms with Gasteiger partial charge in [0.15, 0.2) is 0 Å². The van der Waals surface area contributed by atoms with Crippen LogP contribution in [-0.2, 0) is 64.5 Å². The van der Waals surface area contributed by atoms with Crippen LogP contribution in [0.4, 0.5) is 14.5 Å². The average molecular weight is 1180 g/mol. The van der Waals surface area contributed by atoms with Crippen LogP contribution >= 0.6 is 11.6 Å². The van der Waals surface area contributed by atoms with Gasteiger partial charge < -0.3 is 14.4 Å². The van der Waals surface area contributed by atoms with E-state index >= 15 is 4.39 Å². The van der Waals surface area contributed by atoms with E-state index in [0.717, 1.165) is 33.6 Å². The second kappa shape index (κ2) is 21.5. The fraction of sp³-hybridized carbons (Fsp3) is 0.588. The molecule has 4 bridgehead atoms. The molecule has 386 valence electrons. The Morgan fingerprint density at radius 3 is 2.51 bits per heavy atom. The van der Waals surface area contributed by atoms with E-state index in [1.165, 1.54) is 16.0 Å². The number of methoxy groups -OCH3 is 1. The van der Waals surface area contributed by atoms with E-state index in [1.807, 2.05) is 47.7 Å². The number of hydrogen-bond acceptors (Lipinski definition) is 12. The third-order valence-corrected chi connectivity index (χ3v) is 15.9. The van der Waals surface area contributed by atoms with Crippen LogP contribution in [-0.4, -0.2) is 148 Å². The molecule has 0 saturated carbocycles. The van der Waals surface area contributed by atoms with Crippen LogP contribution in [0, 0.1) is 22.6 Å². The van der Waals surface area contributed by atoms with Crippen LogP contribution in [0.15, 0.2) is 36.0 Å². The van der Waals surface area contributed by atoms with E-state index in [2.05, 4.69) is 32.9 Å². The van der Waals surface area contributed by atoms with Gasteiger partial charge in [0.1, 0.15) is 0 Å². The molecule has 3 amide bonds. The van der Waals surface area contributed by atoms with Gasteiger partial charge in [-0.1, -0.05) is 0 Å². The number of amides is 3. The molecule has 1 aromatic carbocycles. The molecule has 5 atom stereocenters. The first-order valence-corrected chi connectivity index (χ1v) is 26.3. The minimum atomic E-state index is -2.17. The Morgan fingerprint density at radius 2 is 1.83 bits per heavy atom. The summed E-state index contributed by atoms with van der Waals surface area (Å²) in [6.45, 7) is 20.4. The predicted octanol–water partition coefficient (Wildman–Crippen LogP) is 5.71. The van der Waals surface area contributed by atoms with Crippen LogP contribution < -0.4 is 15.6 Å². The molecule has 4 saturated heterocycles. The van der Waals surface area contributed by atoms with E-state index in [4.69, 9.17) is 35.8 Å². The summed E-state index contributed by atoms with van der Waals surface area (Å²) >= 11 is 7.00. The molecule has 0 radical (unpaired) electrons. The van der Waals surface area contributed by atoms with E-state index in [1.54, 1.807) is 42.4 Å². The Kier molecular flexibility index (Phi) is 16.0. The molecule has 0 aliphatic carbocycles. The number of rotatable bonds is 11. The summed E-state index contributed by atoms with van der Waals surface area (Å²) in [5, 5.41) is 5.69. The van der Waals surface area contributed by atoms with Crippen molar-refractivity contribution in [2.75, 3.05) is 71.1 Å². The minimum absolute atomic E-state index is 0.0438. The zero-order valence-electron chi connectivity index (χ0n) is 41.6. The Labute approximate surface area is 429 Å². The number of cyclic esters (lactones) is 1. The number of benzene rings is 1. The number of nitrogens with one attached hydrogen (secondary N) is 2. The number of pyridine rings is 1. The van der Waals surface area contributed by atoms with Crippen LogP contribution in [0.5, 0.6) is 0 Å². The van der Waals surface area contributed by atoms with Crippen LogP contribution in [0.2, 0.25) is 0 Å². The molecule has 0 unspecified atom stereocenters. The number of carbonyl (C=O) groups is 4. The van der Waals surface area contributed by atoms with Gasteiger partial charge in [0, 0.05) is 32.3 Å². The summed E-state index contributed by atoms with van der Waals surface area (Å²) in [6, 6.07) is 3.31. The second-order valence-electron chi connectivity index (χ2n) is 20.5. The Bertz CT molecular complexity index is 2610. The predicted molar refractivity (Wildman–Crippen MR) is 264 cm³/mol. The van der Waals surface area contributed by atoms with Gasteiger partial charge in [-0.05, 0) is 19.9 Å². The van der Waals surface area contributed by atoms with Crippen molar-refractivity contribution in [2.45, 2.75) is 110 Å². The SMILES string of the molecule is C=C1N=CC[C@H](N[C](=[Os])[C@H](C(C)C)N2CCC3(CN(C(=O)[C@H](F)Cl)C3)C2=O)C(=O)N2CCC[C@H](N2)C(=O)OCC(C)(C)Cc2c(-c3cc(N4CCOCC4)cnc3[C@H](C)OC)n(CC)c3cc(F)c1cc23. The number of aryl methyl sites for hydroxylation is 1. The number of ether oxygens (including phenoxy) is 3. The van der Waals surface area contributed by atoms with E-state index in [-0.39, 0.29) is 61.2 Å². The molecular formula is C51H66ClF2N9O7Os. The summed E-state index contributed by atoms with van der Waals surface area (Å²) in [4.78, 5) is 70.1. The van der Waals surface area contributed by atoms with Crippen molar-refractivity contribution in [3.63, 3.8) is 0 Å². The Hall–Kier alpha value is -4.50. The number of morpholine rings is 1. The zero-order chi connectivity index (χ0) is 51.1. The zero-order valence-corrected chi connectivity index (χ0v) is 44.9. The number of esters is 1. The number of fused-ring (bicyclic) bond motifs is 3.